The smallest absolute Gasteiger partial charge is 0.258 e. The number of hydrogen-bond acceptors (Lipinski definition) is 3. The lowest BCUT2D eigenvalue weighted by atomic mass is 10.2. The van der Waals surface area contributed by atoms with Gasteiger partial charge in [0.25, 0.3) is 5.91 Å². The van der Waals surface area contributed by atoms with E-state index < -0.39 is 0 Å². The minimum atomic E-state index is -0.207. The molecule has 0 aliphatic heterocycles. The van der Waals surface area contributed by atoms with Crippen LogP contribution in [0, 0.1) is 0 Å². The molecule has 0 saturated heterocycles. The number of nitrogen functional groups attached to an aromatic ring is 1. The van der Waals surface area contributed by atoms with E-state index in [0.29, 0.717) is 23.0 Å². The van der Waals surface area contributed by atoms with E-state index in [1.807, 2.05) is 30.3 Å². The number of hydrogen-bond donors (Lipinski definition) is 2. The molecular formula is C15H15ClN2O2. The lowest BCUT2D eigenvalue weighted by molar-refractivity contribution is -0.123. The molecule has 0 atom stereocenters. The summed E-state index contributed by atoms with van der Waals surface area (Å²) in [6.45, 7) is 0.384. The number of halogens is 1. The van der Waals surface area contributed by atoms with E-state index >= 15 is 0 Å². The van der Waals surface area contributed by atoms with E-state index in [-0.39, 0.29) is 12.5 Å². The molecular weight excluding hydrogens is 276 g/mol. The molecule has 0 radical (unpaired) electrons. The van der Waals surface area contributed by atoms with Gasteiger partial charge in [-0.15, -0.1) is 0 Å². The minimum Gasteiger partial charge on any atom is -0.482 e. The summed E-state index contributed by atoms with van der Waals surface area (Å²) in [6, 6.07) is 14.6. The van der Waals surface area contributed by atoms with Gasteiger partial charge in [-0.3, -0.25) is 4.79 Å². The predicted octanol–water partition coefficient (Wildman–Crippen LogP) is 2.62. The lowest BCUT2D eigenvalue weighted by Gasteiger charge is -2.09. The van der Waals surface area contributed by atoms with Crippen molar-refractivity contribution in [1.82, 2.24) is 5.32 Å². The Morgan fingerprint density at radius 2 is 1.95 bits per heavy atom. The first-order valence-corrected chi connectivity index (χ1v) is 6.51. The van der Waals surface area contributed by atoms with Crippen LogP contribution in [0.15, 0.2) is 48.5 Å². The quantitative estimate of drug-likeness (QED) is 0.832. The summed E-state index contributed by atoms with van der Waals surface area (Å²) in [5.41, 5.74) is 7.16. The summed E-state index contributed by atoms with van der Waals surface area (Å²) in [6.07, 6.45) is 0. The molecule has 2 rings (SSSR count). The van der Waals surface area contributed by atoms with Gasteiger partial charge in [-0.1, -0.05) is 41.9 Å². The Hall–Kier alpha value is -2.20. The van der Waals surface area contributed by atoms with Crippen molar-refractivity contribution in [1.29, 1.82) is 0 Å². The summed E-state index contributed by atoms with van der Waals surface area (Å²) < 4.78 is 5.34. The fourth-order valence-corrected chi connectivity index (χ4v) is 1.87. The van der Waals surface area contributed by atoms with E-state index in [1.54, 1.807) is 18.2 Å². The molecule has 2 aromatic carbocycles. The van der Waals surface area contributed by atoms with Crippen molar-refractivity contribution >= 4 is 23.2 Å². The average Bonchev–Trinajstić information content (AvgIpc) is 2.45. The Morgan fingerprint density at radius 1 is 1.20 bits per heavy atom. The van der Waals surface area contributed by atoms with Gasteiger partial charge in [-0.25, -0.2) is 0 Å². The molecule has 0 heterocycles. The van der Waals surface area contributed by atoms with Gasteiger partial charge in [-0.05, 0) is 23.8 Å². The van der Waals surface area contributed by atoms with E-state index in [1.165, 1.54) is 0 Å². The Bertz CT molecular complexity index is 588. The number of ether oxygens (including phenoxy) is 1. The van der Waals surface area contributed by atoms with Crippen LogP contribution < -0.4 is 15.8 Å². The van der Waals surface area contributed by atoms with Crippen LogP contribution in [0.1, 0.15) is 5.56 Å². The highest BCUT2D eigenvalue weighted by Crippen LogP contribution is 2.26. The fraction of sp³-hybridized carbons (Fsp3) is 0.133. The molecule has 0 spiro atoms. The van der Waals surface area contributed by atoms with Crippen molar-refractivity contribution in [3.05, 3.63) is 59.1 Å². The first-order chi connectivity index (χ1) is 9.65. The Labute approximate surface area is 122 Å². The third-order valence-electron chi connectivity index (χ3n) is 2.65. The number of carbonyl (C=O) groups excluding carboxylic acids is 1. The molecule has 104 valence electrons. The van der Waals surface area contributed by atoms with Crippen molar-refractivity contribution in [2.75, 3.05) is 12.3 Å². The molecule has 0 saturated carbocycles. The molecule has 0 aliphatic rings. The molecule has 0 unspecified atom stereocenters. The van der Waals surface area contributed by atoms with Crippen molar-refractivity contribution in [2.45, 2.75) is 6.54 Å². The van der Waals surface area contributed by atoms with Crippen molar-refractivity contribution < 1.29 is 9.53 Å². The number of benzene rings is 2. The summed E-state index contributed by atoms with van der Waals surface area (Å²) in [5, 5.41) is 3.16. The second-order valence-electron chi connectivity index (χ2n) is 4.24. The van der Waals surface area contributed by atoms with Gasteiger partial charge in [-0.2, -0.15) is 0 Å². The molecule has 0 fully saturated rings. The zero-order chi connectivity index (χ0) is 14.4. The number of carbonyl (C=O) groups is 1. The van der Waals surface area contributed by atoms with Crippen LogP contribution in [0.3, 0.4) is 0 Å². The standard InChI is InChI=1S/C15H15ClN2O2/c16-13-8-12(17)6-7-14(13)20-10-15(19)18-9-11-4-2-1-3-5-11/h1-8H,9-10,17H2,(H,18,19). The average molecular weight is 291 g/mol. The minimum absolute atomic E-state index is 0.0868. The maximum atomic E-state index is 11.7. The summed E-state index contributed by atoms with van der Waals surface area (Å²) in [7, 11) is 0. The molecule has 5 heteroatoms. The summed E-state index contributed by atoms with van der Waals surface area (Å²) >= 11 is 5.95. The second kappa shape index (κ2) is 6.82. The van der Waals surface area contributed by atoms with E-state index in [4.69, 9.17) is 22.1 Å². The van der Waals surface area contributed by atoms with Crippen LogP contribution in [-0.4, -0.2) is 12.5 Å². The third kappa shape index (κ3) is 4.17. The van der Waals surface area contributed by atoms with Crippen LogP contribution in [0.25, 0.3) is 0 Å². The monoisotopic (exact) mass is 290 g/mol. The van der Waals surface area contributed by atoms with Crippen molar-refractivity contribution in [3.8, 4) is 5.75 Å². The number of anilines is 1. The number of rotatable bonds is 5. The van der Waals surface area contributed by atoms with Gasteiger partial charge in [0.05, 0.1) is 5.02 Å². The first-order valence-electron chi connectivity index (χ1n) is 6.13. The van der Waals surface area contributed by atoms with Gasteiger partial charge >= 0.3 is 0 Å². The Balaban J connectivity index is 1.80. The lowest BCUT2D eigenvalue weighted by Crippen LogP contribution is -2.28. The number of nitrogens with two attached hydrogens (primary N) is 1. The van der Waals surface area contributed by atoms with Gasteiger partial charge < -0.3 is 15.8 Å². The Morgan fingerprint density at radius 3 is 2.65 bits per heavy atom. The highest BCUT2D eigenvalue weighted by atomic mass is 35.5. The molecule has 0 aromatic heterocycles. The highest BCUT2D eigenvalue weighted by Gasteiger charge is 2.06. The SMILES string of the molecule is Nc1ccc(OCC(=O)NCc2ccccc2)c(Cl)c1. The predicted molar refractivity (Wildman–Crippen MR) is 79.6 cm³/mol. The molecule has 20 heavy (non-hydrogen) atoms. The maximum absolute atomic E-state index is 11.7. The van der Waals surface area contributed by atoms with Crippen molar-refractivity contribution in [2.24, 2.45) is 0 Å². The van der Waals surface area contributed by atoms with Crippen LogP contribution in [-0.2, 0) is 11.3 Å². The number of amides is 1. The third-order valence-corrected chi connectivity index (χ3v) is 2.94. The number of nitrogens with one attached hydrogen (secondary N) is 1. The van der Waals surface area contributed by atoms with E-state index in [2.05, 4.69) is 5.32 Å². The first kappa shape index (κ1) is 14.2. The highest BCUT2D eigenvalue weighted by molar-refractivity contribution is 6.32. The van der Waals surface area contributed by atoms with E-state index in [9.17, 15) is 4.79 Å². The van der Waals surface area contributed by atoms with Crippen molar-refractivity contribution in [3.63, 3.8) is 0 Å². The zero-order valence-electron chi connectivity index (χ0n) is 10.8. The maximum Gasteiger partial charge on any atom is 0.258 e. The summed E-state index contributed by atoms with van der Waals surface area (Å²) in [4.78, 5) is 11.7. The normalized spacial score (nSPS) is 10.1. The molecule has 1 amide bonds. The van der Waals surface area contributed by atoms with Crippen LogP contribution in [0.5, 0.6) is 5.75 Å². The van der Waals surface area contributed by atoms with Gasteiger partial charge in [0, 0.05) is 12.2 Å². The molecule has 3 N–H and O–H groups in total. The fourth-order valence-electron chi connectivity index (χ4n) is 1.62. The topological polar surface area (TPSA) is 64.3 Å². The van der Waals surface area contributed by atoms with Gasteiger partial charge in [0.15, 0.2) is 6.61 Å². The molecule has 0 aliphatic carbocycles. The zero-order valence-corrected chi connectivity index (χ0v) is 11.6. The van der Waals surface area contributed by atoms with Crippen LogP contribution in [0.4, 0.5) is 5.69 Å². The Kier molecular flexibility index (Phi) is 4.85. The van der Waals surface area contributed by atoms with E-state index in [0.717, 1.165) is 5.56 Å². The molecule has 2 aromatic rings. The largest absolute Gasteiger partial charge is 0.482 e. The molecule has 0 bridgehead atoms. The van der Waals surface area contributed by atoms with Crippen LogP contribution in [0.2, 0.25) is 5.02 Å². The molecule has 4 nitrogen and oxygen atoms in total. The van der Waals surface area contributed by atoms with Gasteiger partial charge in [0.1, 0.15) is 5.75 Å². The van der Waals surface area contributed by atoms with Crippen LogP contribution >= 0.6 is 11.6 Å². The second-order valence-corrected chi connectivity index (χ2v) is 4.65. The van der Waals surface area contributed by atoms with Gasteiger partial charge in [0.2, 0.25) is 0 Å². The summed E-state index contributed by atoms with van der Waals surface area (Å²) in [5.74, 6) is 0.234.